The van der Waals surface area contributed by atoms with Crippen molar-refractivity contribution in [3.63, 3.8) is 0 Å². The minimum absolute atomic E-state index is 0.0383. The summed E-state index contributed by atoms with van der Waals surface area (Å²) in [6, 6.07) is 13.1. The van der Waals surface area contributed by atoms with Crippen molar-refractivity contribution < 1.29 is 19.4 Å². The van der Waals surface area contributed by atoms with Crippen molar-refractivity contribution in [2.75, 3.05) is 26.7 Å². The molecule has 1 aliphatic heterocycles. The second-order valence-electron chi connectivity index (χ2n) is 9.87. The second kappa shape index (κ2) is 11.5. The van der Waals surface area contributed by atoms with Gasteiger partial charge < -0.3 is 19.6 Å². The maximum absolute atomic E-state index is 13.6. The molecule has 3 aromatic rings. The highest BCUT2D eigenvalue weighted by Gasteiger charge is 2.34. The van der Waals surface area contributed by atoms with Crippen LogP contribution in [0.1, 0.15) is 35.3 Å². The molecule has 194 valence electrons. The molecule has 3 atom stereocenters. The Bertz CT molecular complexity index is 1230. The summed E-state index contributed by atoms with van der Waals surface area (Å²) in [6.45, 7) is 6.39. The molecular weight excluding hydrogens is 468 g/mol. The van der Waals surface area contributed by atoms with Gasteiger partial charge in [-0.05, 0) is 43.2 Å². The number of amides is 2. The molecular formula is C29H34N4O4. The van der Waals surface area contributed by atoms with Gasteiger partial charge in [-0.1, -0.05) is 36.8 Å². The number of aliphatic hydroxyl groups excluding tert-OH is 1. The summed E-state index contributed by atoms with van der Waals surface area (Å²) < 4.78 is 6.34. The molecule has 1 aliphatic rings. The first-order chi connectivity index (χ1) is 17.8. The van der Waals surface area contributed by atoms with E-state index in [0.29, 0.717) is 18.7 Å². The van der Waals surface area contributed by atoms with Crippen LogP contribution < -0.4 is 4.74 Å². The van der Waals surface area contributed by atoms with Gasteiger partial charge in [-0.25, -0.2) is 4.98 Å². The van der Waals surface area contributed by atoms with Crippen molar-refractivity contribution in [1.82, 2.24) is 19.8 Å². The van der Waals surface area contributed by atoms with Crippen LogP contribution >= 0.6 is 0 Å². The Kier molecular flexibility index (Phi) is 8.18. The number of fused-ring (bicyclic) bond motifs is 1. The third-order valence-corrected chi connectivity index (χ3v) is 6.89. The van der Waals surface area contributed by atoms with E-state index in [2.05, 4.69) is 9.97 Å². The lowest BCUT2D eigenvalue weighted by molar-refractivity contribution is -0.130. The largest absolute Gasteiger partial charge is 0.472 e. The van der Waals surface area contributed by atoms with Gasteiger partial charge in [-0.3, -0.25) is 14.6 Å². The van der Waals surface area contributed by atoms with Crippen molar-refractivity contribution in [1.29, 1.82) is 0 Å². The molecule has 1 N–H and O–H groups in total. The third kappa shape index (κ3) is 6.14. The number of rotatable bonds is 7. The van der Waals surface area contributed by atoms with Crippen molar-refractivity contribution in [2.45, 2.75) is 39.3 Å². The lowest BCUT2D eigenvalue weighted by Gasteiger charge is -2.37. The maximum atomic E-state index is 13.6. The van der Waals surface area contributed by atoms with Crippen molar-refractivity contribution in [3.05, 3.63) is 77.7 Å². The Morgan fingerprint density at radius 3 is 2.57 bits per heavy atom. The van der Waals surface area contributed by atoms with Crippen molar-refractivity contribution >= 4 is 11.8 Å². The van der Waals surface area contributed by atoms with E-state index in [0.717, 1.165) is 22.3 Å². The van der Waals surface area contributed by atoms with E-state index < -0.39 is 6.10 Å². The Balaban J connectivity index is 1.63. The fraction of sp³-hybridized carbons (Fsp3) is 0.379. The van der Waals surface area contributed by atoms with E-state index in [-0.39, 0.29) is 42.7 Å². The zero-order chi connectivity index (χ0) is 26.5. The smallest absolute Gasteiger partial charge is 0.259 e. The molecule has 0 fully saturated rings. The first-order valence-corrected chi connectivity index (χ1v) is 12.5. The number of aliphatic hydroxyl groups is 1. The number of carbonyl (C=O) groups excluding carboxylic acids is 2. The Hall–Kier alpha value is -3.78. The number of benzene rings is 1. The predicted octanol–water partition coefficient (Wildman–Crippen LogP) is 3.37. The summed E-state index contributed by atoms with van der Waals surface area (Å²) in [7, 11) is 1.76. The zero-order valence-corrected chi connectivity index (χ0v) is 21.8. The monoisotopic (exact) mass is 502 g/mol. The van der Waals surface area contributed by atoms with Gasteiger partial charge in [0.1, 0.15) is 11.7 Å². The minimum atomic E-state index is -0.399. The van der Waals surface area contributed by atoms with E-state index in [9.17, 15) is 14.7 Å². The summed E-state index contributed by atoms with van der Waals surface area (Å²) in [6.07, 6.45) is 4.91. The third-order valence-electron chi connectivity index (χ3n) is 6.89. The summed E-state index contributed by atoms with van der Waals surface area (Å²) in [4.78, 5) is 38.5. The van der Waals surface area contributed by atoms with Crippen LogP contribution in [-0.4, -0.2) is 75.6 Å². The van der Waals surface area contributed by atoms with Crippen LogP contribution in [0.25, 0.3) is 11.1 Å². The van der Waals surface area contributed by atoms with Gasteiger partial charge in [-0.15, -0.1) is 0 Å². The molecule has 0 aliphatic carbocycles. The van der Waals surface area contributed by atoms with E-state index in [4.69, 9.17) is 4.74 Å². The number of hydrogen-bond acceptors (Lipinski definition) is 6. The number of aromatic nitrogens is 2. The molecule has 0 saturated heterocycles. The van der Waals surface area contributed by atoms with Crippen molar-refractivity contribution in [2.24, 2.45) is 5.92 Å². The molecule has 0 saturated carbocycles. The molecule has 8 nitrogen and oxygen atoms in total. The Morgan fingerprint density at radius 2 is 1.89 bits per heavy atom. The number of pyridine rings is 2. The lowest BCUT2D eigenvalue weighted by Crippen LogP contribution is -2.50. The molecule has 8 heteroatoms. The number of carbonyl (C=O) groups is 2. The fourth-order valence-corrected chi connectivity index (χ4v) is 4.41. The van der Waals surface area contributed by atoms with Gasteiger partial charge in [0.15, 0.2) is 0 Å². The number of nitrogens with zero attached hydrogens (tertiary/aromatic N) is 4. The topological polar surface area (TPSA) is 95.9 Å². The first-order valence-electron chi connectivity index (χ1n) is 12.5. The highest BCUT2D eigenvalue weighted by molar-refractivity contribution is 5.98. The standard InChI is InChI=1S/C29H34N4O4/c1-19-5-7-23(8-6-19)24-14-25-28(31-15-24)37-26(20(2)16-33(29(25)36)21(3)18-34)17-32(4)27(35)13-22-9-11-30-12-10-22/h5-12,14-15,20-21,26,34H,13,16-18H2,1-4H3/t20-,21+,26-/m0/s1. The van der Waals surface area contributed by atoms with Gasteiger partial charge in [0.2, 0.25) is 11.8 Å². The Morgan fingerprint density at radius 1 is 1.19 bits per heavy atom. The average molecular weight is 503 g/mol. The SMILES string of the molecule is Cc1ccc(-c2cnc3c(c2)C(=O)N([C@H](C)CO)C[C@H](C)[C@H](CN(C)C(=O)Cc2ccncc2)O3)cc1. The summed E-state index contributed by atoms with van der Waals surface area (Å²) in [5.41, 5.74) is 4.14. The maximum Gasteiger partial charge on any atom is 0.259 e. The molecule has 2 amide bonds. The quantitative estimate of drug-likeness (QED) is 0.532. The molecule has 4 rings (SSSR count). The second-order valence-corrected chi connectivity index (χ2v) is 9.87. The molecule has 0 spiro atoms. The van der Waals surface area contributed by atoms with E-state index in [1.807, 2.05) is 57.2 Å². The number of hydrogen-bond donors (Lipinski definition) is 1. The Labute approximate surface area is 217 Å². The van der Waals surface area contributed by atoms with Crippen LogP contribution in [-0.2, 0) is 11.2 Å². The van der Waals surface area contributed by atoms with Crippen LogP contribution in [0.15, 0.2) is 61.1 Å². The van der Waals surface area contributed by atoms with Crippen LogP contribution in [0.4, 0.5) is 0 Å². The van der Waals surface area contributed by atoms with Gasteiger partial charge in [-0.2, -0.15) is 0 Å². The number of ether oxygens (including phenoxy) is 1. The van der Waals surface area contributed by atoms with Crippen LogP contribution in [0, 0.1) is 12.8 Å². The molecule has 2 aromatic heterocycles. The molecule has 37 heavy (non-hydrogen) atoms. The number of likely N-dealkylation sites (N-methyl/N-ethyl adjacent to an activating group) is 1. The molecule has 0 unspecified atom stereocenters. The highest BCUT2D eigenvalue weighted by Crippen LogP contribution is 2.30. The van der Waals surface area contributed by atoms with E-state index in [1.54, 1.807) is 41.5 Å². The predicted molar refractivity (Wildman–Crippen MR) is 141 cm³/mol. The molecule has 1 aromatic carbocycles. The summed E-state index contributed by atoms with van der Waals surface area (Å²) >= 11 is 0. The van der Waals surface area contributed by atoms with Gasteiger partial charge in [0.05, 0.1) is 25.6 Å². The van der Waals surface area contributed by atoms with Gasteiger partial charge in [0.25, 0.3) is 5.91 Å². The summed E-state index contributed by atoms with van der Waals surface area (Å²) in [5, 5.41) is 9.89. The van der Waals surface area contributed by atoms with Crippen LogP contribution in [0.2, 0.25) is 0 Å². The van der Waals surface area contributed by atoms with Crippen LogP contribution in [0.5, 0.6) is 5.88 Å². The van der Waals surface area contributed by atoms with Gasteiger partial charge >= 0.3 is 0 Å². The zero-order valence-electron chi connectivity index (χ0n) is 21.8. The molecule has 3 heterocycles. The van der Waals surface area contributed by atoms with E-state index in [1.165, 1.54) is 0 Å². The molecule has 0 radical (unpaired) electrons. The minimum Gasteiger partial charge on any atom is -0.472 e. The van der Waals surface area contributed by atoms with Gasteiger partial charge in [0, 0.05) is 43.7 Å². The average Bonchev–Trinajstić information content (AvgIpc) is 2.91. The first kappa shape index (κ1) is 26.3. The number of aryl methyl sites for hydroxylation is 1. The normalized spacial score (nSPS) is 18.3. The van der Waals surface area contributed by atoms with Crippen LogP contribution in [0.3, 0.4) is 0 Å². The van der Waals surface area contributed by atoms with Crippen molar-refractivity contribution in [3.8, 4) is 17.0 Å². The molecule has 0 bridgehead atoms. The fourth-order valence-electron chi connectivity index (χ4n) is 4.41. The van der Waals surface area contributed by atoms with E-state index >= 15 is 0 Å². The highest BCUT2D eigenvalue weighted by atomic mass is 16.5. The lowest BCUT2D eigenvalue weighted by atomic mass is 9.99. The summed E-state index contributed by atoms with van der Waals surface area (Å²) in [5.74, 6) is -0.141.